The van der Waals surface area contributed by atoms with Crippen LogP contribution >= 0.6 is 0 Å². The van der Waals surface area contributed by atoms with E-state index in [1.807, 2.05) is 0 Å². The molecule has 1 aromatic heterocycles. The van der Waals surface area contributed by atoms with Gasteiger partial charge >= 0.3 is 0 Å². The van der Waals surface area contributed by atoms with Crippen molar-refractivity contribution < 1.29 is 4.74 Å². The Morgan fingerprint density at radius 2 is 1.69 bits per heavy atom. The highest BCUT2D eigenvalue weighted by molar-refractivity contribution is 6.10. The van der Waals surface area contributed by atoms with Gasteiger partial charge in [0.2, 0.25) is 0 Å². The van der Waals surface area contributed by atoms with E-state index in [0.29, 0.717) is 0 Å². The molecule has 0 spiro atoms. The average Bonchev–Trinajstić information content (AvgIpc) is 3.45. The summed E-state index contributed by atoms with van der Waals surface area (Å²) in [7, 11) is 2.09. The number of allylic oxidation sites excluding steroid dienone is 2. The van der Waals surface area contributed by atoms with Crippen LogP contribution in [-0.2, 0) is 5.41 Å². The quantitative estimate of drug-likeness (QED) is 0.343. The van der Waals surface area contributed by atoms with E-state index in [2.05, 4.69) is 139 Å². The monoisotopic (exact) mass is 476 g/mol. The van der Waals surface area contributed by atoms with E-state index in [1.54, 1.807) is 0 Å². The van der Waals surface area contributed by atoms with Gasteiger partial charge in [-0.05, 0) is 47.4 Å². The number of nitrogens with one attached hydrogen (secondary N) is 1. The summed E-state index contributed by atoms with van der Waals surface area (Å²) in [5.74, 6) is 2.74. The largest absolute Gasteiger partial charge is 0.457 e. The number of dihydropyridines is 1. The van der Waals surface area contributed by atoms with Crippen LogP contribution in [0.1, 0.15) is 26.3 Å². The molecule has 0 amide bonds. The zero-order chi connectivity index (χ0) is 24.9. The van der Waals surface area contributed by atoms with Crippen molar-refractivity contribution in [1.29, 1.82) is 0 Å². The third-order valence-corrected chi connectivity index (χ3v) is 6.88. The molecule has 4 aromatic rings. The van der Waals surface area contributed by atoms with Crippen LogP contribution in [0.4, 0.5) is 5.69 Å². The minimum atomic E-state index is 0.00643. The first-order chi connectivity index (χ1) is 17.4. The van der Waals surface area contributed by atoms with Crippen LogP contribution in [0.15, 0.2) is 91.3 Å². The van der Waals surface area contributed by atoms with Gasteiger partial charge in [-0.2, -0.15) is 0 Å². The van der Waals surface area contributed by atoms with Gasteiger partial charge in [-0.3, -0.25) is 4.57 Å². The van der Waals surface area contributed by atoms with E-state index >= 15 is 0 Å². The molecule has 0 saturated heterocycles. The number of ether oxygens (including phenoxy) is 1. The first-order valence-electron chi connectivity index (χ1n) is 12.5. The molecule has 1 N–H and O–H groups in total. The van der Waals surface area contributed by atoms with Crippen molar-refractivity contribution in [3.05, 3.63) is 96.9 Å². The third-order valence-electron chi connectivity index (χ3n) is 6.88. The standard InChI is InChI=1S/C31H32N4O/c1-31(2,3)22-17-23(34-16-15-33(4)21-34)19-25(18-22)36-24-12-13-27-26-9-5-6-10-28(26)35(29(27)20-24)30-11-7-8-14-32-30/h5-13,15-20,32H,14,21H2,1-4H3. The van der Waals surface area contributed by atoms with E-state index in [4.69, 9.17) is 4.74 Å². The molecule has 0 unspecified atom stereocenters. The summed E-state index contributed by atoms with van der Waals surface area (Å²) in [5.41, 5.74) is 4.69. The van der Waals surface area contributed by atoms with Crippen molar-refractivity contribution in [2.24, 2.45) is 0 Å². The molecule has 0 aliphatic carbocycles. The number of hydrogen-bond acceptors (Lipinski definition) is 4. The van der Waals surface area contributed by atoms with Crippen molar-refractivity contribution in [2.45, 2.75) is 26.2 Å². The molecular formula is C31H32N4O. The predicted octanol–water partition coefficient (Wildman–Crippen LogP) is 7.02. The van der Waals surface area contributed by atoms with E-state index in [0.717, 1.165) is 41.7 Å². The van der Waals surface area contributed by atoms with Gasteiger partial charge in [0.25, 0.3) is 0 Å². The van der Waals surface area contributed by atoms with Crippen LogP contribution in [0, 0.1) is 0 Å². The van der Waals surface area contributed by atoms with E-state index in [1.165, 1.54) is 21.9 Å². The Hall–Kier alpha value is -4.12. The first-order valence-corrected chi connectivity index (χ1v) is 12.5. The van der Waals surface area contributed by atoms with Crippen LogP contribution in [-0.4, -0.2) is 29.7 Å². The van der Waals surface area contributed by atoms with Crippen molar-refractivity contribution in [2.75, 3.05) is 25.2 Å². The Bertz CT molecular complexity index is 1550. The molecule has 182 valence electrons. The van der Waals surface area contributed by atoms with E-state index in [-0.39, 0.29) is 5.41 Å². The highest BCUT2D eigenvalue weighted by Gasteiger charge is 2.20. The highest BCUT2D eigenvalue weighted by atomic mass is 16.5. The predicted molar refractivity (Wildman–Crippen MR) is 150 cm³/mol. The molecule has 2 aliphatic rings. The van der Waals surface area contributed by atoms with Crippen molar-refractivity contribution >= 4 is 33.3 Å². The fraction of sp³-hybridized carbons (Fsp3) is 0.226. The number of anilines is 1. The van der Waals surface area contributed by atoms with Gasteiger partial charge in [0.15, 0.2) is 0 Å². The van der Waals surface area contributed by atoms with Gasteiger partial charge in [0, 0.05) is 54.6 Å². The van der Waals surface area contributed by atoms with Gasteiger partial charge in [0.1, 0.15) is 17.3 Å². The van der Waals surface area contributed by atoms with E-state index < -0.39 is 0 Å². The number of para-hydroxylation sites is 1. The number of aromatic nitrogens is 1. The van der Waals surface area contributed by atoms with Gasteiger partial charge < -0.3 is 19.9 Å². The van der Waals surface area contributed by atoms with Crippen molar-refractivity contribution in [1.82, 2.24) is 14.8 Å². The lowest BCUT2D eigenvalue weighted by Gasteiger charge is -2.25. The zero-order valence-electron chi connectivity index (χ0n) is 21.3. The lowest BCUT2D eigenvalue weighted by Crippen LogP contribution is -2.22. The molecule has 5 heteroatoms. The molecule has 0 radical (unpaired) electrons. The summed E-state index contributed by atoms with van der Waals surface area (Å²) in [6.45, 7) is 8.37. The molecule has 0 bridgehead atoms. The van der Waals surface area contributed by atoms with E-state index in [9.17, 15) is 0 Å². The minimum Gasteiger partial charge on any atom is -0.457 e. The molecule has 36 heavy (non-hydrogen) atoms. The molecule has 3 heterocycles. The molecule has 0 saturated carbocycles. The summed E-state index contributed by atoms with van der Waals surface area (Å²) < 4.78 is 8.85. The normalized spacial score (nSPS) is 15.6. The summed E-state index contributed by atoms with van der Waals surface area (Å²) in [6, 6.07) is 21.5. The topological polar surface area (TPSA) is 32.7 Å². The fourth-order valence-corrected chi connectivity index (χ4v) is 4.95. The summed E-state index contributed by atoms with van der Waals surface area (Å²) in [4.78, 5) is 4.41. The highest BCUT2D eigenvalue weighted by Crippen LogP contribution is 2.37. The number of rotatable bonds is 4. The molecule has 5 nitrogen and oxygen atoms in total. The Balaban J connectivity index is 1.45. The van der Waals surface area contributed by atoms with Gasteiger partial charge in [-0.25, -0.2) is 0 Å². The lowest BCUT2D eigenvalue weighted by molar-refractivity contribution is 0.477. The Morgan fingerprint density at radius 3 is 2.44 bits per heavy atom. The SMILES string of the molecule is CN1C=CN(c2cc(Oc3ccc4c5ccccc5n(C5=CC=CCN5)c4c3)cc(C(C)(C)C)c2)C1. The second-order valence-corrected chi connectivity index (χ2v) is 10.6. The Morgan fingerprint density at radius 1 is 0.861 bits per heavy atom. The Kier molecular flexibility index (Phi) is 5.29. The van der Waals surface area contributed by atoms with Crippen molar-refractivity contribution in [3.63, 3.8) is 0 Å². The smallest absolute Gasteiger partial charge is 0.129 e. The van der Waals surface area contributed by atoms with Gasteiger partial charge in [-0.1, -0.05) is 51.1 Å². The second kappa shape index (κ2) is 8.52. The lowest BCUT2D eigenvalue weighted by atomic mass is 9.86. The number of fused-ring (bicyclic) bond motifs is 3. The van der Waals surface area contributed by atoms with Crippen LogP contribution < -0.4 is 15.0 Å². The number of nitrogens with zero attached hydrogens (tertiary/aromatic N) is 3. The molecule has 2 aliphatic heterocycles. The summed E-state index contributed by atoms with van der Waals surface area (Å²) in [6.07, 6.45) is 10.6. The van der Waals surface area contributed by atoms with Gasteiger partial charge in [-0.15, -0.1) is 0 Å². The molecular weight excluding hydrogens is 444 g/mol. The van der Waals surface area contributed by atoms with Crippen LogP contribution in [0.5, 0.6) is 11.5 Å². The maximum atomic E-state index is 6.56. The fourth-order valence-electron chi connectivity index (χ4n) is 4.95. The maximum absolute atomic E-state index is 6.56. The molecule has 3 aromatic carbocycles. The van der Waals surface area contributed by atoms with Crippen LogP contribution in [0.2, 0.25) is 0 Å². The van der Waals surface area contributed by atoms with Crippen LogP contribution in [0.25, 0.3) is 27.6 Å². The molecule has 0 atom stereocenters. The second-order valence-electron chi connectivity index (χ2n) is 10.6. The average molecular weight is 477 g/mol. The number of benzene rings is 3. The number of hydrogen-bond donors (Lipinski definition) is 1. The van der Waals surface area contributed by atoms with Crippen molar-refractivity contribution in [3.8, 4) is 11.5 Å². The third kappa shape index (κ3) is 4.01. The summed E-state index contributed by atoms with van der Waals surface area (Å²) >= 11 is 0. The Labute approximate surface area is 212 Å². The minimum absolute atomic E-state index is 0.00643. The van der Waals surface area contributed by atoms with Crippen LogP contribution in [0.3, 0.4) is 0 Å². The first kappa shape index (κ1) is 22.4. The maximum Gasteiger partial charge on any atom is 0.129 e. The molecule has 0 fully saturated rings. The zero-order valence-corrected chi connectivity index (χ0v) is 21.3. The van der Waals surface area contributed by atoms with Gasteiger partial charge in [0.05, 0.1) is 17.7 Å². The molecule has 6 rings (SSSR count). The summed E-state index contributed by atoms with van der Waals surface area (Å²) in [5, 5.41) is 5.97.